The van der Waals surface area contributed by atoms with Gasteiger partial charge in [-0.1, -0.05) is 60.7 Å². The van der Waals surface area contributed by atoms with E-state index in [0.29, 0.717) is 17.8 Å². The van der Waals surface area contributed by atoms with Crippen molar-refractivity contribution in [1.29, 1.82) is 0 Å². The van der Waals surface area contributed by atoms with Crippen molar-refractivity contribution in [3.8, 4) is 0 Å². The average molecular weight is 438 g/mol. The Kier molecular flexibility index (Phi) is 7.17. The van der Waals surface area contributed by atoms with Crippen LogP contribution >= 0.6 is 0 Å². The Bertz CT molecular complexity index is 1250. The third-order valence-corrected chi connectivity index (χ3v) is 4.38. The lowest BCUT2D eigenvalue weighted by molar-refractivity contribution is 0.102. The summed E-state index contributed by atoms with van der Waals surface area (Å²) in [5.74, 6) is 0.429. The lowest BCUT2D eigenvalue weighted by atomic mass is 10.1. The fourth-order valence-electron chi connectivity index (χ4n) is 3.05. The van der Waals surface area contributed by atoms with E-state index in [1.165, 1.54) is 5.56 Å². The van der Waals surface area contributed by atoms with Crippen LogP contribution < -0.4 is 5.32 Å². The molecule has 4 rings (SSSR count). The number of hydrogen-bond acceptors (Lipinski definition) is 4. The minimum Gasteiger partial charge on any atom is -0.310 e. The lowest BCUT2D eigenvalue weighted by Gasteiger charge is -2.10. The summed E-state index contributed by atoms with van der Waals surface area (Å²) in [6.07, 6.45) is 1.59. The molecule has 1 heterocycles. The number of fused-ring (bicyclic) bond motifs is 1. The number of nitrogens with zero attached hydrogens (tertiary/aromatic N) is 2. The molecule has 0 aliphatic heterocycles. The molecule has 1 aromatic heterocycles. The van der Waals surface area contributed by atoms with Crippen molar-refractivity contribution in [3.63, 3.8) is 0 Å². The zero-order chi connectivity index (χ0) is 22.3. The van der Waals surface area contributed by atoms with Crippen LogP contribution in [0, 0.1) is 0 Å². The van der Waals surface area contributed by atoms with Crippen molar-refractivity contribution >= 4 is 33.0 Å². The summed E-state index contributed by atoms with van der Waals surface area (Å²) in [6, 6.07) is 27.5. The highest BCUT2D eigenvalue weighted by atomic mass is 32.2. The summed E-state index contributed by atoms with van der Waals surface area (Å²) in [5, 5.41) is 2.97. The highest BCUT2D eigenvalue weighted by Crippen LogP contribution is 2.21. The largest absolute Gasteiger partial charge is 0.310 e. The van der Waals surface area contributed by atoms with Crippen LogP contribution in [0.2, 0.25) is 0 Å². The number of imidazole rings is 1. The van der Waals surface area contributed by atoms with Gasteiger partial charge in [0.1, 0.15) is 0 Å². The van der Waals surface area contributed by atoms with Crippen LogP contribution in [0.15, 0.2) is 84.9 Å². The highest BCUT2D eigenvalue weighted by Gasteiger charge is 2.14. The third-order valence-electron chi connectivity index (χ3n) is 4.38. The van der Waals surface area contributed by atoms with Gasteiger partial charge in [-0.15, -0.1) is 0 Å². The average Bonchev–Trinajstić information content (AvgIpc) is 3.09. The fourth-order valence-corrected chi connectivity index (χ4v) is 3.05. The summed E-state index contributed by atoms with van der Waals surface area (Å²) in [4.78, 5) is 17.2. The first kappa shape index (κ1) is 22.2. The van der Waals surface area contributed by atoms with Crippen LogP contribution in [0.1, 0.15) is 15.9 Å². The Hall–Kier alpha value is -3.49. The monoisotopic (exact) mass is 437 g/mol. The molecule has 0 saturated heterocycles. The van der Waals surface area contributed by atoms with Gasteiger partial charge in [0.25, 0.3) is 16.0 Å². The Morgan fingerprint density at radius 1 is 0.935 bits per heavy atom. The maximum atomic E-state index is 12.6. The van der Waals surface area contributed by atoms with E-state index in [2.05, 4.69) is 27.0 Å². The summed E-state index contributed by atoms with van der Waals surface area (Å²) >= 11 is 0. The Balaban J connectivity index is 0.000000491. The Labute approximate surface area is 181 Å². The summed E-state index contributed by atoms with van der Waals surface area (Å²) < 4.78 is 27.9. The minimum absolute atomic E-state index is 0.151. The van der Waals surface area contributed by atoms with Crippen molar-refractivity contribution in [3.05, 3.63) is 96.1 Å². The van der Waals surface area contributed by atoms with Crippen LogP contribution in [0.25, 0.3) is 11.0 Å². The molecule has 8 heteroatoms. The first-order valence-electron chi connectivity index (χ1n) is 9.59. The number of carbonyl (C=O) groups excluding carboxylic acids is 1. The molecule has 7 nitrogen and oxygen atoms in total. The third kappa shape index (κ3) is 6.77. The summed E-state index contributed by atoms with van der Waals surface area (Å²) in [6.45, 7) is 0.745. The van der Waals surface area contributed by atoms with Gasteiger partial charge in [0, 0.05) is 12.1 Å². The molecule has 31 heavy (non-hydrogen) atoms. The van der Waals surface area contributed by atoms with E-state index in [4.69, 9.17) is 4.55 Å². The number of amides is 1. The van der Waals surface area contributed by atoms with Crippen LogP contribution in [-0.2, 0) is 23.1 Å². The normalized spacial score (nSPS) is 10.9. The first-order valence-corrected chi connectivity index (χ1v) is 11.4. The predicted octanol–water partition coefficient (Wildman–Crippen LogP) is 4.04. The molecule has 0 aliphatic rings. The molecular weight excluding hydrogens is 414 g/mol. The molecule has 1 amide bonds. The van der Waals surface area contributed by atoms with E-state index in [1.807, 2.05) is 60.7 Å². The molecule has 3 aromatic carbocycles. The Morgan fingerprint density at radius 2 is 1.48 bits per heavy atom. The van der Waals surface area contributed by atoms with E-state index in [1.54, 1.807) is 12.1 Å². The molecule has 0 atom stereocenters. The molecule has 0 unspecified atom stereocenters. The van der Waals surface area contributed by atoms with Gasteiger partial charge in [0.15, 0.2) is 0 Å². The molecule has 4 aromatic rings. The second-order valence-corrected chi connectivity index (χ2v) is 8.33. The maximum Gasteiger partial charge on any atom is 0.261 e. The number of nitrogens with one attached hydrogen (secondary N) is 1. The standard InChI is InChI=1S/C22H19N3O.CH4O3S/c26-21(18-11-5-2-6-12-18)24-22-23-19-13-7-8-14-20(19)25(22)16-15-17-9-3-1-4-10-17;1-5(2,3)4/h1-14H,15-16H2,(H,23,24,26);1H3,(H,2,3,4). The Morgan fingerprint density at radius 3 is 2.13 bits per heavy atom. The molecular formula is C23H23N3O4S. The number of hydrogen-bond donors (Lipinski definition) is 2. The quantitative estimate of drug-likeness (QED) is 0.459. The van der Waals surface area contributed by atoms with E-state index >= 15 is 0 Å². The van der Waals surface area contributed by atoms with Crippen molar-refractivity contribution in [2.75, 3.05) is 11.6 Å². The van der Waals surface area contributed by atoms with Crippen LogP contribution in [0.4, 0.5) is 5.95 Å². The van der Waals surface area contributed by atoms with Crippen molar-refractivity contribution in [2.45, 2.75) is 13.0 Å². The number of aryl methyl sites for hydroxylation is 2. The van der Waals surface area contributed by atoms with Crippen molar-refractivity contribution < 1.29 is 17.8 Å². The number of anilines is 1. The van der Waals surface area contributed by atoms with Crippen LogP contribution in [0.5, 0.6) is 0 Å². The molecule has 0 aliphatic carbocycles. The SMILES string of the molecule is CS(=O)(=O)O.O=C(Nc1nc2ccccc2n1CCc1ccccc1)c1ccccc1. The molecule has 0 spiro atoms. The second kappa shape index (κ2) is 10.0. The van der Waals surface area contributed by atoms with Gasteiger partial charge in [-0.25, -0.2) is 4.98 Å². The van der Waals surface area contributed by atoms with Gasteiger partial charge in [0.2, 0.25) is 5.95 Å². The minimum atomic E-state index is -3.67. The van der Waals surface area contributed by atoms with E-state index in [9.17, 15) is 13.2 Å². The lowest BCUT2D eigenvalue weighted by Crippen LogP contribution is -2.16. The second-order valence-electron chi connectivity index (χ2n) is 6.86. The van der Waals surface area contributed by atoms with Gasteiger partial charge in [-0.05, 0) is 36.2 Å². The summed E-state index contributed by atoms with van der Waals surface area (Å²) in [7, 11) is -3.67. The van der Waals surface area contributed by atoms with E-state index in [0.717, 1.165) is 24.0 Å². The van der Waals surface area contributed by atoms with Crippen molar-refractivity contribution in [1.82, 2.24) is 9.55 Å². The molecule has 0 saturated carbocycles. The van der Waals surface area contributed by atoms with Gasteiger partial charge in [-0.2, -0.15) is 8.42 Å². The molecule has 160 valence electrons. The van der Waals surface area contributed by atoms with Gasteiger partial charge >= 0.3 is 0 Å². The van der Waals surface area contributed by atoms with Gasteiger partial charge in [0.05, 0.1) is 17.3 Å². The van der Waals surface area contributed by atoms with Crippen molar-refractivity contribution in [2.24, 2.45) is 0 Å². The zero-order valence-corrected chi connectivity index (χ0v) is 17.8. The highest BCUT2D eigenvalue weighted by molar-refractivity contribution is 7.85. The molecule has 2 N–H and O–H groups in total. The molecule has 0 radical (unpaired) electrons. The van der Waals surface area contributed by atoms with E-state index < -0.39 is 10.1 Å². The molecule has 0 fully saturated rings. The van der Waals surface area contributed by atoms with E-state index in [-0.39, 0.29) is 5.91 Å². The molecule has 0 bridgehead atoms. The number of rotatable bonds is 5. The number of para-hydroxylation sites is 2. The van der Waals surface area contributed by atoms with Gasteiger partial charge in [-0.3, -0.25) is 14.7 Å². The first-order chi connectivity index (χ1) is 14.8. The predicted molar refractivity (Wildman–Crippen MR) is 122 cm³/mol. The van der Waals surface area contributed by atoms with Gasteiger partial charge < -0.3 is 4.57 Å². The topological polar surface area (TPSA) is 101 Å². The van der Waals surface area contributed by atoms with Crippen LogP contribution in [0.3, 0.4) is 0 Å². The maximum absolute atomic E-state index is 12.6. The number of carbonyl (C=O) groups is 1. The number of benzene rings is 3. The zero-order valence-electron chi connectivity index (χ0n) is 17.0. The summed E-state index contributed by atoms with van der Waals surface area (Å²) in [5.41, 5.74) is 3.77. The smallest absolute Gasteiger partial charge is 0.261 e. The fraction of sp³-hybridized carbons (Fsp3) is 0.130. The number of aromatic nitrogens is 2. The van der Waals surface area contributed by atoms with Crippen LogP contribution in [-0.4, -0.2) is 34.7 Å².